The van der Waals surface area contributed by atoms with Crippen LogP contribution in [0, 0.1) is 0 Å². The number of carbonyl (C=O) groups is 1. The number of hydrogen-bond donors (Lipinski definition) is 5. The summed E-state index contributed by atoms with van der Waals surface area (Å²) >= 11 is 0. The summed E-state index contributed by atoms with van der Waals surface area (Å²) in [6.45, 7) is 0.298. The quantitative estimate of drug-likeness (QED) is 0.257. The monoisotopic (exact) mass is 239 g/mol. The van der Waals surface area contributed by atoms with E-state index in [0.29, 0.717) is 24.1 Å². The van der Waals surface area contributed by atoms with Crippen molar-refractivity contribution in [2.24, 2.45) is 11.6 Å². The van der Waals surface area contributed by atoms with Gasteiger partial charge in [0.25, 0.3) is 5.91 Å². The largest absolute Gasteiger partial charge is 0.390 e. The zero-order valence-electron chi connectivity index (χ0n) is 9.34. The number of nitrogens with two attached hydrogens (primary N) is 2. The van der Waals surface area contributed by atoms with Crippen molar-refractivity contribution in [1.29, 1.82) is 0 Å². The van der Waals surface area contributed by atoms with Crippen LogP contribution < -0.4 is 17.0 Å². The van der Waals surface area contributed by atoms with Gasteiger partial charge in [-0.2, -0.15) is 0 Å². The summed E-state index contributed by atoms with van der Waals surface area (Å²) in [4.78, 5) is 11.2. The van der Waals surface area contributed by atoms with Crippen LogP contribution in [0.1, 0.15) is 28.4 Å². The number of carbonyl (C=O) groups excluding carboxylic acids is 1. The van der Waals surface area contributed by atoms with Crippen LogP contribution in [0.5, 0.6) is 0 Å². The third kappa shape index (κ3) is 3.50. The van der Waals surface area contributed by atoms with Gasteiger partial charge in [-0.05, 0) is 30.7 Å². The first-order valence-corrected chi connectivity index (χ1v) is 5.27. The van der Waals surface area contributed by atoms with Crippen LogP contribution in [-0.4, -0.2) is 28.8 Å². The van der Waals surface area contributed by atoms with E-state index in [1.807, 2.05) is 5.43 Å². The Balaban J connectivity index is 2.76. The Hall–Kier alpha value is -1.47. The highest BCUT2D eigenvalue weighted by Crippen LogP contribution is 2.19. The lowest BCUT2D eigenvalue weighted by molar-refractivity contribution is 0.0150. The number of aliphatic hydroxyl groups is 2. The van der Waals surface area contributed by atoms with Crippen molar-refractivity contribution in [2.75, 3.05) is 6.54 Å². The molecule has 6 heteroatoms. The maximum Gasteiger partial charge on any atom is 0.265 e. The van der Waals surface area contributed by atoms with E-state index in [-0.39, 0.29) is 0 Å². The third-order valence-corrected chi connectivity index (χ3v) is 2.47. The average Bonchev–Trinajstić information content (AvgIpc) is 2.37. The number of hydrazine groups is 1. The molecule has 2 atom stereocenters. The summed E-state index contributed by atoms with van der Waals surface area (Å²) in [5.74, 6) is 4.58. The number of rotatable bonds is 5. The maximum absolute atomic E-state index is 11.2. The lowest BCUT2D eigenvalue weighted by atomic mass is 10.0. The minimum atomic E-state index is -1.01. The van der Waals surface area contributed by atoms with Crippen molar-refractivity contribution in [3.8, 4) is 0 Å². The molecule has 0 radical (unpaired) electrons. The molecule has 0 saturated carbocycles. The van der Waals surface area contributed by atoms with Crippen molar-refractivity contribution in [3.05, 3.63) is 35.4 Å². The van der Waals surface area contributed by atoms with Crippen LogP contribution in [0.15, 0.2) is 24.3 Å². The minimum absolute atomic E-state index is 0.298. The molecule has 1 aromatic carbocycles. The van der Waals surface area contributed by atoms with E-state index in [4.69, 9.17) is 11.6 Å². The fraction of sp³-hybridized carbons (Fsp3) is 0.364. The van der Waals surface area contributed by atoms with E-state index >= 15 is 0 Å². The fourth-order valence-corrected chi connectivity index (χ4v) is 1.47. The first kappa shape index (κ1) is 13.6. The van der Waals surface area contributed by atoms with Crippen LogP contribution >= 0.6 is 0 Å². The normalized spacial score (nSPS) is 14.1. The number of hydrogen-bond acceptors (Lipinski definition) is 5. The summed E-state index contributed by atoms with van der Waals surface area (Å²) < 4.78 is 0. The van der Waals surface area contributed by atoms with Gasteiger partial charge in [0, 0.05) is 5.56 Å². The molecule has 2 unspecified atom stereocenters. The van der Waals surface area contributed by atoms with Crippen molar-refractivity contribution in [2.45, 2.75) is 18.6 Å². The van der Waals surface area contributed by atoms with E-state index in [9.17, 15) is 15.0 Å². The first-order valence-electron chi connectivity index (χ1n) is 5.27. The Morgan fingerprint density at radius 1 is 1.29 bits per heavy atom. The number of nitrogens with one attached hydrogen (secondary N) is 1. The second kappa shape index (κ2) is 6.31. The van der Waals surface area contributed by atoms with Gasteiger partial charge < -0.3 is 15.9 Å². The van der Waals surface area contributed by atoms with Gasteiger partial charge in [-0.15, -0.1) is 0 Å². The lowest BCUT2D eigenvalue weighted by Crippen LogP contribution is -2.30. The van der Waals surface area contributed by atoms with Gasteiger partial charge in [0.05, 0.1) is 6.10 Å². The molecule has 1 amide bonds. The topological polar surface area (TPSA) is 122 Å². The molecule has 6 nitrogen and oxygen atoms in total. The summed E-state index contributed by atoms with van der Waals surface area (Å²) in [5.41, 5.74) is 8.21. The van der Waals surface area contributed by atoms with Crippen LogP contribution in [0.3, 0.4) is 0 Å². The van der Waals surface area contributed by atoms with Gasteiger partial charge in [-0.25, -0.2) is 5.84 Å². The molecule has 0 fully saturated rings. The summed E-state index contributed by atoms with van der Waals surface area (Å²) in [6, 6.07) is 6.18. The predicted octanol–water partition coefficient (Wildman–Crippen LogP) is -0.967. The Kier molecular flexibility index (Phi) is 5.05. The standard InChI is InChI=1S/C11H17N3O3/c12-6-5-9(15)10(16)7-1-3-8(4-2-7)11(17)14-13/h1-4,9-10,15-16H,5-6,12-13H2,(H,14,17). The molecule has 0 spiro atoms. The highest BCUT2D eigenvalue weighted by molar-refractivity contribution is 5.93. The Morgan fingerprint density at radius 3 is 2.35 bits per heavy atom. The van der Waals surface area contributed by atoms with E-state index in [0.717, 1.165) is 0 Å². The van der Waals surface area contributed by atoms with E-state index in [2.05, 4.69) is 0 Å². The molecule has 0 aromatic heterocycles. The van der Waals surface area contributed by atoms with Gasteiger partial charge in [0.15, 0.2) is 0 Å². The predicted molar refractivity (Wildman–Crippen MR) is 62.7 cm³/mol. The molecule has 0 aliphatic carbocycles. The van der Waals surface area contributed by atoms with Crippen LogP contribution in [0.25, 0.3) is 0 Å². The molecule has 94 valence electrons. The SMILES string of the molecule is NCCC(O)C(O)c1ccc(C(=O)NN)cc1. The molecule has 17 heavy (non-hydrogen) atoms. The third-order valence-electron chi connectivity index (χ3n) is 2.47. The molecular formula is C11H17N3O3. The van der Waals surface area contributed by atoms with E-state index < -0.39 is 18.1 Å². The summed E-state index contributed by atoms with van der Waals surface area (Å²) in [5, 5.41) is 19.3. The van der Waals surface area contributed by atoms with Crippen molar-refractivity contribution in [3.63, 3.8) is 0 Å². The maximum atomic E-state index is 11.2. The molecular weight excluding hydrogens is 222 g/mol. The van der Waals surface area contributed by atoms with Crippen LogP contribution in [0.4, 0.5) is 0 Å². The highest BCUT2D eigenvalue weighted by atomic mass is 16.3. The Bertz CT molecular complexity index is 367. The van der Waals surface area contributed by atoms with Gasteiger partial charge in [-0.3, -0.25) is 10.2 Å². The Morgan fingerprint density at radius 2 is 1.88 bits per heavy atom. The zero-order chi connectivity index (χ0) is 12.8. The van der Waals surface area contributed by atoms with E-state index in [1.165, 1.54) is 12.1 Å². The number of nitrogen functional groups attached to an aromatic ring is 1. The Labute approximate surface area is 99.2 Å². The molecule has 7 N–H and O–H groups in total. The van der Waals surface area contributed by atoms with Crippen LogP contribution in [0.2, 0.25) is 0 Å². The minimum Gasteiger partial charge on any atom is -0.390 e. The van der Waals surface area contributed by atoms with Gasteiger partial charge in [0.1, 0.15) is 6.10 Å². The average molecular weight is 239 g/mol. The molecule has 0 aliphatic heterocycles. The first-order chi connectivity index (χ1) is 8.10. The fourth-order valence-electron chi connectivity index (χ4n) is 1.47. The van der Waals surface area contributed by atoms with Gasteiger partial charge in [-0.1, -0.05) is 12.1 Å². The number of aliphatic hydroxyl groups excluding tert-OH is 2. The van der Waals surface area contributed by atoms with Gasteiger partial charge in [0.2, 0.25) is 0 Å². The number of amides is 1. The highest BCUT2D eigenvalue weighted by Gasteiger charge is 2.17. The van der Waals surface area contributed by atoms with Crippen molar-refractivity contribution < 1.29 is 15.0 Å². The smallest absolute Gasteiger partial charge is 0.265 e. The summed E-state index contributed by atoms with van der Waals surface area (Å²) in [6.07, 6.45) is -1.60. The molecule has 1 rings (SSSR count). The molecule has 1 aromatic rings. The van der Waals surface area contributed by atoms with E-state index in [1.54, 1.807) is 12.1 Å². The van der Waals surface area contributed by atoms with Gasteiger partial charge >= 0.3 is 0 Å². The molecule has 0 aliphatic rings. The zero-order valence-corrected chi connectivity index (χ0v) is 9.34. The molecule has 0 saturated heterocycles. The van der Waals surface area contributed by atoms with Crippen molar-refractivity contribution in [1.82, 2.24) is 5.43 Å². The van der Waals surface area contributed by atoms with Crippen LogP contribution in [-0.2, 0) is 0 Å². The van der Waals surface area contributed by atoms with Crippen molar-refractivity contribution >= 4 is 5.91 Å². The summed E-state index contributed by atoms with van der Waals surface area (Å²) in [7, 11) is 0. The second-order valence-corrected chi connectivity index (χ2v) is 3.69. The lowest BCUT2D eigenvalue weighted by Gasteiger charge is -2.17. The molecule has 0 bridgehead atoms. The molecule has 0 heterocycles. The second-order valence-electron chi connectivity index (χ2n) is 3.69. The number of benzene rings is 1.